The number of allylic oxidation sites excluding steroid dienone is 4. The molecule has 290 valence electrons. The Labute approximate surface area is 326 Å². The third kappa shape index (κ3) is 5.58. The van der Waals surface area contributed by atoms with Crippen molar-refractivity contribution in [1.82, 2.24) is 4.90 Å². The van der Waals surface area contributed by atoms with Crippen molar-refractivity contribution in [2.75, 3.05) is 27.3 Å². The molecule has 0 heterocycles. The Balaban J connectivity index is 1.18. The SMILES string of the molecule is CCCN(CC1(O)CCC2C34C=CC5(C=C3C(=O)c3ccccc3-c3ccccc3)CC(O)CCC5(C)C4CCC21C)C(=O)Cc1ccc(OC)c(OC)c1. The summed E-state index contributed by atoms with van der Waals surface area (Å²) in [5.41, 5.74) is 1.46. The van der Waals surface area contributed by atoms with E-state index in [0.29, 0.717) is 36.4 Å². The number of rotatable bonds is 11. The molecular weight excluding hydrogens is 687 g/mol. The van der Waals surface area contributed by atoms with Gasteiger partial charge in [-0.3, -0.25) is 9.59 Å². The smallest absolute Gasteiger partial charge is 0.227 e. The Morgan fingerprint density at radius 1 is 0.836 bits per heavy atom. The van der Waals surface area contributed by atoms with Crippen molar-refractivity contribution >= 4 is 11.7 Å². The van der Waals surface area contributed by atoms with E-state index in [2.05, 4.69) is 51.1 Å². The molecule has 55 heavy (non-hydrogen) atoms. The van der Waals surface area contributed by atoms with Gasteiger partial charge in [0.2, 0.25) is 5.91 Å². The van der Waals surface area contributed by atoms with Crippen LogP contribution in [0.3, 0.4) is 0 Å². The molecule has 1 amide bonds. The second-order valence-corrected chi connectivity index (χ2v) is 17.7. The minimum absolute atomic E-state index is 0.00881. The highest BCUT2D eigenvalue weighted by molar-refractivity contribution is 6.14. The average Bonchev–Trinajstić information content (AvgIpc) is 3.47. The minimum atomic E-state index is -1.14. The van der Waals surface area contributed by atoms with Crippen LogP contribution in [0.25, 0.3) is 11.1 Å². The summed E-state index contributed by atoms with van der Waals surface area (Å²) in [5.74, 6) is 1.40. The first-order chi connectivity index (χ1) is 26.4. The molecule has 2 bridgehead atoms. The summed E-state index contributed by atoms with van der Waals surface area (Å²) in [6, 6.07) is 23.7. The monoisotopic (exact) mass is 743 g/mol. The van der Waals surface area contributed by atoms with E-state index < -0.39 is 27.9 Å². The van der Waals surface area contributed by atoms with E-state index in [0.717, 1.165) is 60.8 Å². The normalized spacial score (nSPS) is 34.2. The van der Waals surface area contributed by atoms with E-state index >= 15 is 4.79 Å². The highest BCUT2D eigenvalue weighted by Gasteiger charge is 2.74. The van der Waals surface area contributed by atoms with Crippen molar-refractivity contribution in [2.24, 2.45) is 33.5 Å². The quantitative estimate of drug-likeness (QED) is 0.151. The van der Waals surface area contributed by atoms with Crippen LogP contribution >= 0.6 is 0 Å². The molecule has 0 aliphatic heterocycles. The number of ether oxygens (including phenoxy) is 2. The van der Waals surface area contributed by atoms with Crippen LogP contribution in [0.5, 0.6) is 11.5 Å². The summed E-state index contributed by atoms with van der Waals surface area (Å²) < 4.78 is 10.9. The molecule has 0 aromatic heterocycles. The van der Waals surface area contributed by atoms with Gasteiger partial charge in [0.05, 0.1) is 32.3 Å². The summed E-state index contributed by atoms with van der Waals surface area (Å²) in [7, 11) is 3.19. The van der Waals surface area contributed by atoms with Crippen LogP contribution in [-0.4, -0.2) is 65.8 Å². The van der Waals surface area contributed by atoms with Gasteiger partial charge in [-0.1, -0.05) is 99.7 Å². The van der Waals surface area contributed by atoms with Crippen molar-refractivity contribution in [3.8, 4) is 22.6 Å². The standard InChI is InChI=1S/C48H57NO6/c1-6-26-49(42(51)28-32-16-17-38(54-4)39(27-32)55-5)31-47(53)23-20-41-45(47,3)22-19-40-44(2)21-18-34(50)29-46(44)24-25-48(40,41)37(30-46)43(52)36-15-11-10-14-35(36)33-12-8-7-9-13-33/h7-17,24-25,27,30,34,40-41,50,53H,6,18-23,26,28-29,31H2,1-5H3. The van der Waals surface area contributed by atoms with Crippen molar-refractivity contribution in [2.45, 2.75) is 90.3 Å². The molecule has 6 aliphatic rings. The maximum absolute atomic E-state index is 15.5. The highest BCUT2D eigenvalue weighted by atomic mass is 16.5. The Kier molecular flexibility index (Phi) is 9.44. The van der Waals surface area contributed by atoms with Crippen molar-refractivity contribution in [3.05, 3.63) is 108 Å². The summed E-state index contributed by atoms with van der Waals surface area (Å²) in [6.07, 6.45) is 12.8. The Morgan fingerprint density at radius 3 is 2.27 bits per heavy atom. The van der Waals surface area contributed by atoms with Crippen LogP contribution in [0.1, 0.15) is 88.1 Å². The second-order valence-electron chi connectivity index (χ2n) is 17.7. The number of Topliss-reactive ketones (excluding diaryl/α,β-unsaturated/α-hetero) is 1. The van der Waals surface area contributed by atoms with Gasteiger partial charge in [0, 0.05) is 40.5 Å². The number of carbonyl (C=O) groups is 2. The second kappa shape index (κ2) is 13.8. The number of aliphatic hydroxyl groups excluding tert-OH is 1. The molecule has 8 atom stereocenters. The van der Waals surface area contributed by atoms with Crippen LogP contribution in [-0.2, 0) is 11.2 Å². The fourth-order valence-electron chi connectivity index (χ4n) is 12.4. The molecule has 3 fully saturated rings. The lowest BCUT2D eigenvalue weighted by Gasteiger charge is -2.71. The fourth-order valence-corrected chi connectivity index (χ4v) is 12.4. The van der Waals surface area contributed by atoms with Gasteiger partial charge in [-0.15, -0.1) is 0 Å². The largest absolute Gasteiger partial charge is 0.493 e. The minimum Gasteiger partial charge on any atom is -0.493 e. The summed E-state index contributed by atoms with van der Waals surface area (Å²) in [6.45, 7) is 7.53. The topological polar surface area (TPSA) is 96.3 Å². The molecule has 7 nitrogen and oxygen atoms in total. The number of aliphatic hydroxyl groups is 2. The molecule has 2 spiro atoms. The fraction of sp³-hybridized carbons (Fsp3) is 0.500. The average molecular weight is 744 g/mol. The number of methoxy groups -OCH3 is 2. The lowest BCUT2D eigenvalue weighted by Crippen LogP contribution is -2.67. The zero-order valence-corrected chi connectivity index (χ0v) is 33.1. The van der Waals surface area contributed by atoms with Gasteiger partial charge in [0.15, 0.2) is 17.3 Å². The number of amides is 1. The molecule has 6 aliphatic carbocycles. The number of hydrogen-bond acceptors (Lipinski definition) is 6. The van der Waals surface area contributed by atoms with Gasteiger partial charge in [-0.2, -0.15) is 0 Å². The number of nitrogens with zero attached hydrogens (tertiary/aromatic N) is 1. The van der Waals surface area contributed by atoms with Crippen LogP contribution in [0.4, 0.5) is 0 Å². The molecule has 3 aromatic carbocycles. The zero-order chi connectivity index (χ0) is 38.8. The molecule has 3 aromatic rings. The molecule has 9 rings (SSSR count). The van der Waals surface area contributed by atoms with Crippen LogP contribution in [0.2, 0.25) is 0 Å². The molecule has 8 unspecified atom stereocenters. The van der Waals surface area contributed by atoms with E-state index in [4.69, 9.17) is 9.47 Å². The number of ketones is 1. The van der Waals surface area contributed by atoms with Gasteiger partial charge >= 0.3 is 0 Å². The highest BCUT2D eigenvalue weighted by Crippen LogP contribution is 2.78. The molecule has 7 heteroatoms. The molecular formula is C48H57NO6. The summed E-state index contributed by atoms with van der Waals surface area (Å²) >= 11 is 0. The number of fused-ring (bicyclic) bond motifs is 1. The predicted octanol–water partition coefficient (Wildman–Crippen LogP) is 8.63. The van der Waals surface area contributed by atoms with Crippen molar-refractivity contribution in [3.63, 3.8) is 0 Å². The molecule has 0 saturated heterocycles. The first-order valence-electron chi connectivity index (χ1n) is 20.4. The maximum atomic E-state index is 15.5. The molecule has 0 radical (unpaired) electrons. The van der Waals surface area contributed by atoms with Gasteiger partial charge in [-0.25, -0.2) is 0 Å². The van der Waals surface area contributed by atoms with E-state index in [1.54, 1.807) is 14.2 Å². The van der Waals surface area contributed by atoms with Gasteiger partial charge < -0.3 is 24.6 Å². The van der Waals surface area contributed by atoms with E-state index in [1.165, 1.54) is 0 Å². The lowest BCUT2D eigenvalue weighted by molar-refractivity contribution is -0.178. The van der Waals surface area contributed by atoms with Crippen molar-refractivity contribution < 1.29 is 29.3 Å². The van der Waals surface area contributed by atoms with Gasteiger partial charge in [0.25, 0.3) is 0 Å². The number of hydrogen-bond donors (Lipinski definition) is 2. The Hall–Kier alpha value is -4.20. The summed E-state index contributed by atoms with van der Waals surface area (Å²) in [5, 5.41) is 24.2. The first-order valence-corrected chi connectivity index (χ1v) is 20.4. The van der Waals surface area contributed by atoms with E-state index in [-0.39, 0.29) is 41.9 Å². The third-order valence-electron chi connectivity index (χ3n) is 15.3. The van der Waals surface area contributed by atoms with Gasteiger partial charge in [0.1, 0.15) is 0 Å². The Bertz CT molecular complexity index is 2040. The predicted molar refractivity (Wildman–Crippen MR) is 215 cm³/mol. The van der Waals surface area contributed by atoms with Crippen LogP contribution < -0.4 is 9.47 Å². The molecule has 2 N–H and O–H groups in total. The number of benzene rings is 3. The van der Waals surface area contributed by atoms with E-state index in [9.17, 15) is 15.0 Å². The first kappa shape index (κ1) is 37.7. The number of carbonyl (C=O) groups excluding carboxylic acids is 2. The lowest BCUT2D eigenvalue weighted by atomic mass is 9.32. The van der Waals surface area contributed by atoms with Gasteiger partial charge in [-0.05, 0) is 97.4 Å². The Morgan fingerprint density at radius 2 is 1.53 bits per heavy atom. The van der Waals surface area contributed by atoms with Crippen LogP contribution in [0, 0.1) is 33.5 Å². The molecule has 3 saturated carbocycles. The zero-order valence-electron chi connectivity index (χ0n) is 33.1. The third-order valence-corrected chi connectivity index (χ3v) is 15.3. The van der Waals surface area contributed by atoms with E-state index in [1.807, 2.05) is 65.6 Å². The van der Waals surface area contributed by atoms with Crippen LogP contribution in [0.15, 0.2) is 96.6 Å². The van der Waals surface area contributed by atoms with Crippen molar-refractivity contribution in [1.29, 1.82) is 0 Å². The maximum Gasteiger partial charge on any atom is 0.227 e. The summed E-state index contributed by atoms with van der Waals surface area (Å²) in [4.78, 5) is 31.5.